The van der Waals surface area contributed by atoms with E-state index >= 15 is 0 Å². The fourth-order valence-corrected chi connectivity index (χ4v) is 4.35. The molecular formula is C15H20ClNO2S. The van der Waals surface area contributed by atoms with Crippen LogP contribution in [-0.2, 0) is 4.79 Å². The highest BCUT2D eigenvalue weighted by molar-refractivity contribution is 7.99. The van der Waals surface area contributed by atoms with E-state index in [9.17, 15) is 9.90 Å². The average Bonchev–Trinajstić information content (AvgIpc) is 2.42. The van der Waals surface area contributed by atoms with E-state index in [1.807, 2.05) is 6.07 Å². The first-order valence-corrected chi connectivity index (χ1v) is 8.37. The highest BCUT2D eigenvalue weighted by atomic mass is 35.5. The van der Waals surface area contributed by atoms with Crippen LogP contribution in [-0.4, -0.2) is 21.3 Å². The number of halogens is 1. The molecule has 1 saturated carbocycles. The summed E-state index contributed by atoms with van der Waals surface area (Å²) in [6.07, 6.45) is 6.77. The van der Waals surface area contributed by atoms with Crippen LogP contribution in [0.5, 0.6) is 0 Å². The number of rotatable bonds is 5. The van der Waals surface area contributed by atoms with Gasteiger partial charge in [-0.15, -0.1) is 11.8 Å². The third-order valence-electron chi connectivity index (χ3n) is 3.89. The summed E-state index contributed by atoms with van der Waals surface area (Å²) in [5, 5.41) is 11.0. The standard InChI is InChI=1S/C15H20ClNO2S/c1-2-3-10-4-6-12(15(18)19)13(8-10)20-14-7-5-11(16)9-17-14/h5,7,9-10,12-13H,2-4,6,8H2,1H3,(H,18,19). The first-order chi connectivity index (χ1) is 9.60. The van der Waals surface area contributed by atoms with Gasteiger partial charge in [0.15, 0.2) is 0 Å². The number of carboxylic acid groups (broad SMARTS) is 1. The lowest BCUT2D eigenvalue weighted by molar-refractivity contribution is -0.142. The van der Waals surface area contributed by atoms with Crippen molar-refractivity contribution in [3.8, 4) is 0 Å². The van der Waals surface area contributed by atoms with Gasteiger partial charge < -0.3 is 5.11 Å². The molecule has 0 aliphatic heterocycles. The zero-order chi connectivity index (χ0) is 14.5. The highest BCUT2D eigenvalue weighted by Crippen LogP contribution is 2.41. The Morgan fingerprint density at radius 2 is 2.30 bits per heavy atom. The predicted octanol–water partition coefficient (Wildman–Crippen LogP) is 4.50. The predicted molar refractivity (Wildman–Crippen MR) is 82.3 cm³/mol. The molecule has 1 aliphatic carbocycles. The Balaban J connectivity index is 2.06. The SMILES string of the molecule is CCCC1CCC(C(=O)O)C(Sc2ccc(Cl)cn2)C1. The Bertz CT molecular complexity index is 452. The molecule has 0 aromatic carbocycles. The molecule has 0 spiro atoms. The van der Waals surface area contributed by atoms with Crippen LogP contribution in [0.2, 0.25) is 5.02 Å². The van der Waals surface area contributed by atoms with Gasteiger partial charge in [0, 0.05) is 11.4 Å². The molecule has 1 aromatic rings. The molecule has 20 heavy (non-hydrogen) atoms. The molecule has 1 heterocycles. The lowest BCUT2D eigenvalue weighted by Gasteiger charge is -2.33. The van der Waals surface area contributed by atoms with E-state index in [0.717, 1.165) is 24.3 Å². The quantitative estimate of drug-likeness (QED) is 0.869. The van der Waals surface area contributed by atoms with Gasteiger partial charge in [0.1, 0.15) is 0 Å². The maximum absolute atomic E-state index is 11.4. The van der Waals surface area contributed by atoms with Crippen molar-refractivity contribution in [2.24, 2.45) is 11.8 Å². The molecule has 1 aliphatic rings. The van der Waals surface area contributed by atoms with Crippen LogP contribution >= 0.6 is 23.4 Å². The van der Waals surface area contributed by atoms with Gasteiger partial charge in [-0.1, -0.05) is 31.4 Å². The van der Waals surface area contributed by atoms with Crippen LogP contribution in [0, 0.1) is 11.8 Å². The second-order valence-corrected chi connectivity index (χ2v) is 7.08. The van der Waals surface area contributed by atoms with Crippen LogP contribution < -0.4 is 0 Å². The van der Waals surface area contributed by atoms with Gasteiger partial charge in [-0.05, 0) is 37.3 Å². The summed E-state index contributed by atoms with van der Waals surface area (Å²) in [6, 6.07) is 3.67. The van der Waals surface area contributed by atoms with Crippen molar-refractivity contribution in [1.29, 1.82) is 0 Å². The van der Waals surface area contributed by atoms with Crippen molar-refractivity contribution in [3.63, 3.8) is 0 Å². The first kappa shape index (κ1) is 15.6. The monoisotopic (exact) mass is 313 g/mol. The Labute approximate surface area is 129 Å². The molecule has 3 nitrogen and oxygen atoms in total. The minimum absolute atomic E-state index is 0.117. The largest absolute Gasteiger partial charge is 0.481 e. The Morgan fingerprint density at radius 3 is 2.90 bits per heavy atom. The average molecular weight is 314 g/mol. The molecular weight excluding hydrogens is 294 g/mol. The van der Waals surface area contributed by atoms with Crippen molar-refractivity contribution in [2.75, 3.05) is 0 Å². The minimum atomic E-state index is -0.675. The molecule has 2 rings (SSSR count). The number of thioether (sulfide) groups is 1. The van der Waals surface area contributed by atoms with E-state index in [1.54, 1.807) is 24.0 Å². The van der Waals surface area contributed by atoms with Gasteiger partial charge >= 0.3 is 5.97 Å². The zero-order valence-corrected chi connectivity index (χ0v) is 13.2. The Morgan fingerprint density at radius 1 is 1.50 bits per heavy atom. The number of carbonyl (C=O) groups is 1. The van der Waals surface area contributed by atoms with Crippen molar-refractivity contribution >= 4 is 29.3 Å². The number of aliphatic carboxylic acids is 1. The number of hydrogen-bond acceptors (Lipinski definition) is 3. The van der Waals surface area contributed by atoms with E-state index < -0.39 is 5.97 Å². The molecule has 1 fully saturated rings. The summed E-state index contributed by atoms with van der Waals surface area (Å²) in [7, 11) is 0. The molecule has 0 radical (unpaired) electrons. The molecule has 5 heteroatoms. The summed E-state index contributed by atoms with van der Waals surface area (Å²) in [4.78, 5) is 15.7. The lowest BCUT2D eigenvalue weighted by atomic mass is 9.80. The molecule has 110 valence electrons. The molecule has 3 unspecified atom stereocenters. The summed E-state index contributed by atoms with van der Waals surface area (Å²) in [6.45, 7) is 2.19. The van der Waals surface area contributed by atoms with E-state index in [4.69, 9.17) is 11.6 Å². The van der Waals surface area contributed by atoms with Crippen molar-refractivity contribution in [3.05, 3.63) is 23.4 Å². The zero-order valence-electron chi connectivity index (χ0n) is 11.6. The van der Waals surface area contributed by atoms with Gasteiger partial charge in [0.2, 0.25) is 0 Å². The number of aromatic nitrogens is 1. The molecule has 0 amide bonds. The molecule has 1 aromatic heterocycles. The van der Waals surface area contributed by atoms with E-state index in [0.29, 0.717) is 10.9 Å². The van der Waals surface area contributed by atoms with Crippen molar-refractivity contribution in [2.45, 2.75) is 49.3 Å². The topological polar surface area (TPSA) is 50.2 Å². The lowest BCUT2D eigenvalue weighted by Crippen LogP contribution is -2.32. The van der Waals surface area contributed by atoms with Crippen LogP contribution in [0.15, 0.2) is 23.4 Å². The second-order valence-electron chi connectivity index (χ2n) is 5.38. The van der Waals surface area contributed by atoms with Crippen molar-refractivity contribution in [1.82, 2.24) is 4.98 Å². The number of pyridine rings is 1. The number of carboxylic acids is 1. The fourth-order valence-electron chi connectivity index (χ4n) is 2.88. The molecule has 0 saturated heterocycles. The molecule has 0 bridgehead atoms. The normalized spacial score (nSPS) is 26.4. The van der Waals surface area contributed by atoms with Gasteiger partial charge in [-0.3, -0.25) is 4.79 Å². The highest BCUT2D eigenvalue weighted by Gasteiger charge is 2.35. The summed E-state index contributed by atoms with van der Waals surface area (Å²) >= 11 is 7.42. The van der Waals surface area contributed by atoms with Crippen LogP contribution in [0.1, 0.15) is 39.0 Å². The summed E-state index contributed by atoms with van der Waals surface area (Å²) in [5.41, 5.74) is 0. The maximum atomic E-state index is 11.4. The van der Waals surface area contributed by atoms with E-state index in [-0.39, 0.29) is 11.2 Å². The minimum Gasteiger partial charge on any atom is -0.481 e. The maximum Gasteiger partial charge on any atom is 0.307 e. The van der Waals surface area contributed by atoms with Crippen LogP contribution in [0.3, 0.4) is 0 Å². The first-order valence-electron chi connectivity index (χ1n) is 7.11. The molecule has 1 N–H and O–H groups in total. The second kappa shape index (κ2) is 7.32. The fraction of sp³-hybridized carbons (Fsp3) is 0.600. The van der Waals surface area contributed by atoms with Crippen LogP contribution in [0.4, 0.5) is 0 Å². The Hall–Kier alpha value is -0.740. The van der Waals surface area contributed by atoms with Crippen LogP contribution in [0.25, 0.3) is 0 Å². The van der Waals surface area contributed by atoms with Gasteiger partial charge in [0.25, 0.3) is 0 Å². The van der Waals surface area contributed by atoms with Gasteiger partial charge in [0.05, 0.1) is 16.0 Å². The van der Waals surface area contributed by atoms with Gasteiger partial charge in [-0.25, -0.2) is 4.98 Å². The summed E-state index contributed by atoms with van der Waals surface area (Å²) < 4.78 is 0. The summed E-state index contributed by atoms with van der Waals surface area (Å²) in [5.74, 6) is -0.280. The van der Waals surface area contributed by atoms with Gasteiger partial charge in [-0.2, -0.15) is 0 Å². The van der Waals surface area contributed by atoms with E-state index in [1.165, 1.54) is 12.8 Å². The van der Waals surface area contributed by atoms with E-state index in [2.05, 4.69) is 11.9 Å². The third-order valence-corrected chi connectivity index (χ3v) is 5.42. The van der Waals surface area contributed by atoms with Crippen molar-refractivity contribution < 1.29 is 9.90 Å². The third kappa shape index (κ3) is 4.13. The number of hydrogen-bond donors (Lipinski definition) is 1. The molecule has 3 atom stereocenters. The number of nitrogens with zero attached hydrogens (tertiary/aromatic N) is 1. The Kier molecular flexibility index (Phi) is 5.73. The smallest absolute Gasteiger partial charge is 0.307 e.